The molecule has 3 rings (SSSR count). The van der Waals surface area contributed by atoms with Gasteiger partial charge in [-0.1, -0.05) is 31.0 Å². The van der Waals surface area contributed by atoms with Crippen LogP contribution in [0.25, 0.3) is 0 Å². The van der Waals surface area contributed by atoms with E-state index in [0.717, 1.165) is 13.1 Å². The molecule has 1 amide bonds. The zero-order valence-corrected chi connectivity index (χ0v) is 14.8. The summed E-state index contributed by atoms with van der Waals surface area (Å²) in [6.45, 7) is 2.44. The molecule has 0 bridgehead atoms. The third-order valence-corrected chi connectivity index (χ3v) is 4.35. The molecule has 0 aliphatic carbocycles. The minimum atomic E-state index is -0.329. The van der Waals surface area contributed by atoms with Crippen molar-refractivity contribution in [3.05, 3.63) is 58.6 Å². The topological polar surface area (TPSA) is 71.8 Å². The molecule has 0 saturated carbocycles. The van der Waals surface area contributed by atoms with Crippen LogP contribution in [0.2, 0.25) is 0 Å². The molecule has 1 aromatic heterocycles. The second-order valence-electron chi connectivity index (χ2n) is 6.47. The first-order valence-corrected chi connectivity index (χ1v) is 9.02. The predicted octanol–water partition coefficient (Wildman–Crippen LogP) is 3.03. The quantitative estimate of drug-likeness (QED) is 0.861. The molecule has 26 heavy (non-hydrogen) atoms. The maximum absolute atomic E-state index is 12.2. The summed E-state index contributed by atoms with van der Waals surface area (Å²) in [7, 11) is 0. The van der Waals surface area contributed by atoms with Crippen molar-refractivity contribution < 1.29 is 13.9 Å². The highest BCUT2D eigenvalue weighted by Crippen LogP contribution is 2.14. The van der Waals surface area contributed by atoms with Crippen LogP contribution in [0.15, 0.2) is 51.9 Å². The van der Waals surface area contributed by atoms with Crippen LogP contribution in [0.3, 0.4) is 0 Å². The highest BCUT2D eigenvalue weighted by Gasteiger charge is 2.13. The number of anilines is 1. The van der Waals surface area contributed by atoms with Gasteiger partial charge in [0.15, 0.2) is 6.61 Å². The molecule has 1 N–H and O–H groups in total. The summed E-state index contributed by atoms with van der Waals surface area (Å²) in [5.41, 5.74) is 0.412. The van der Waals surface area contributed by atoms with Crippen molar-refractivity contribution >= 4 is 11.6 Å². The van der Waals surface area contributed by atoms with Gasteiger partial charge in [0.25, 0.3) is 5.91 Å². The monoisotopic (exact) mass is 356 g/mol. The van der Waals surface area contributed by atoms with Crippen LogP contribution in [0.1, 0.15) is 31.4 Å². The third-order valence-electron chi connectivity index (χ3n) is 4.35. The minimum Gasteiger partial charge on any atom is -0.477 e. The summed E-state index contributed by atoms with van der Waals surface area (Å²) >= 11 is 0. The van der Waals surface area contributed by atoms with Gasteiger partial charge in [0.1, 0.15) is 12.0 Å². The molecule has 1 aromatic carbocycles. The van der Waals surface area contributed by atoms with E-state index in [0.29, 0.717) is 18.0 Å². The Labute approximate surface area is 152 Å². The number of carbonyl (C=O) groups is 1. The Morgan fingerprint density at radius 3 is 2.54 bits per heavy atom. The van der Waals surface area contributed by atoms with Crippen LogP contribution in [0, 0.1) is 0 Å². The number of nitrogens with zero attached hydrogens (tertiary/aromatic N) is 1. The number of nitrogens with one attached hydrogen (secondary N) is 1. The zero-order valence-electron chi connectivity index (χ0n) is 14.8. The number of hydrogen-bond donors (Lipinski definition) is 1. The van der Waals surface area contributed by atoms with Crippen LogP contribution in [0.5, 0.6) is 5.75 Å². The number of likely N-dealkylation sites (tertiary alicyclic amines) is 1. The molecule has 1 fully saturated rings. The Bertz CT molecular complexity index is 765. The van der Waals surface area contributed by atoms with E-state index in [1.54, 1.807) is 12.1 Å². The molecule has 2 heterocycles. The van der Waals surface area contributed by atoms with Gasteiger partial charge in [0.2, 0.25) is 11.2 Å². The van der Waals surface area contributed by atoms with Gasteiger partial charge >= 0.3 is 0 Å². The Hall–Kier alpha value is -2.60. The van der Waals surface area contributed by atoms with Gasteiger partial charge in [0, 0.05) is 11.8 Å². The van der Waals surface area contributed by atoms with Crippen molar-refractivity contribution in [3.63, 3.8) is 0 Å². The molecule has 0 unspecified atom stereocenters. The summed E-state index contributed by atoms with van der Waals surface area (Å²) < 4.78 is 10.8. The number of ether oxygens (including phenoxy) is 1. The van der Waals surface area contributed by atoms with E-state index >= 15 is 0 Å². The molecule has 6 heteroatoms. The summed E-state index contributed by atoms with van der Waals surface area (Å²) in [5, 5.41) is 2.70. The molecule has 0 spiro atoms. The van der Waals surface area contributed by atoms with Gasteiger partial charge in [-0.15, -0.1) is 0 Å². The molecular formula is C20H24N2O4. The van der Waals surface area contributed by atoms with Crippen molar-refractivity contribution in [2.24, 2.45) is 0 Å². The Morgan fingerprint density at radius 2 is 1.85 bits per heavy atom. The minimum absolute atomic E-state index is 0.0489. The first kappa shape index (κ1) is 18.2. The van der Waals surface area contributed by atoms with E-state index < -0.39 is 0 Å². The average Bonchev–Trinajstić information content (AvgIpc) is 2.90. The molecule has 1 aliphatic rings. The van der Waals surface area contributed by atoms with Crippen LogP contribution < -0.4 is 15.5 Å². The van der Waals surface area contributed by atoms with Gasteiger partial charge in [-0.25, -0.2) is 0 Å². The van der Waals surface area contributed by atoms with Crippen molar-refractivity contribution in [2.45, 2.75) is 32.2 Å². The fraction of sp³-hybridized carbons (Fsp3) is 0.400. The molecule has 1 saturated heterocycles. The van der Waals surface area contributed by atoms with Crippen LogP contribution in [-0.4, -0.2) is 30.5 Å². The summed E-state index contributed by atoms with van der Waals surface area (Å²) in [4.78, 5) is 26.4. The van der Waals surface area contributed by atoms with Gasteiger partial charge < -0.3 is 14.5 Å². The van der Waals surface area contributed by atoms with Gasteiger partial charge in [0.05, 0.1) is 6.54 Å². The van der Waals surface area contributed by atoms with Gasteiger partial charge in [-0.3, -0.25) is 14.5 Å². The van der Waals surface area contributed by atoms with Gasteiger partial charge in [-0.05, 0) is 38.1 Å². The number of rotatable bonds is 6. The van der Waals surface area contributed by atoms with Crippen LogP contribution in [0.4, 0.5) is 5.69 Å². The summed E-state index contributed by atoms with van der Waals surface area (Å²) in [6.07, 6.45) is 6.19. The second kappa shape index (κ2) is 9.20. The number of carbonyl (C=O) groups excluding carboxylic acids is 1. The van der Waals surface area contributed by atoms with E-state index in [-0.39, 0.29) is 23.7 Å². The van der Waals surface area contributed by atoms with Crippen LogP contribution in [-0.2, 0) is 11.3 Å². The SMILES string of the molecule is O=C(COc1coc(CN2CCCCCC2)cc1=O)Nc1ccccc1. The lowest BCUT2D eigenvalue weighted by Gasteiger charge is -2.18. The Balaban J connectivity index is 1.52. The Morgan fingerprint density at radius 1 is 1.12 bits per heavy atom. The zero-order chi connectivity index (χ0) is 18.2. The maximum atomic E-state index is 12.2. The molecule has 1 aliphatic heterocycles. The third kappa shape index (κ3) is 5.46. The molecule has 0 radical (unpaired) electrons. The van der Waals surface area contributed by atoms with E-state index in [2.05, 4.69) is 10.2 Å². The van der Waals surface area contributed by atoms with Crippen molar-refractivity contribution in [2.75, 3.05) is 25.0 Å². The van der Waals surface area contributed by atoms with Crippen molar-refractivity contribution in [3.8, 4) is 5.75 Å². The normalized spacial score (nSPS) is 15.2. The second-order valence-corrected chi connectivity index (χ2v) is 6.47. The molecule has 138 valence electrons. The first-order valence-electron chi connectivity index (χ1n) is 9.02. The van der Waals surface area contributed by atoms with E-state index in [1.165, 1.54) is 38.0 Å². The largest absolute Gasteiger partial charge is 0.477 e. The number of para-hydroxylation sites is 1. The van der Waals surface area contributed by atoms with E-state index in [1.807, 2.05) is 18.2 Å². The number of hydrogen-bond acceptors (Lipinski definition) is 5. The van der Waals surface area contributed by atoms with Crippen molar-refractivity contribution in [1.82, 2.24) is 4.90 Å². The Kier molecular flexibility index (Phi) is 6.44. The first-order chi connectivity index (χ1) is 12.7. The average molecular weight is 356 g/mol. The van der Waals surface area contributed by atoms with E-state index in [4.69, 9.17) is 9.15 Å². The number of benzene rings is 1. The van der Waals surface area contributed by atoms with Crippen LogP contribution >= 0.6 is 0 Å². The fourth-order valence-corrected chi connectivity index (χ4v) is 3.00. The fourth-order valence-electron chi connectivity index (χ4n) is 3.00. The number of amides is 1. The lowest BCUT2D eigenvalue weighted by Crippen LogP contribution is -2.25. The smallest absolute Gasteiger partial charge is 0.262 e. The lowest BCUT2D eigenvalue weighted by atomic mass is 10.2. The highest BCUT2D eigenvalue weighted by molar-refractivity contribution is 5.91. The van der Waals surface area contributed by atoms with Gasteiger partial charge in [-0.2, -0.15) is 0 Å². The molecule has 0 atom stereocenters. The molecular weight excluding hydrogens is 332 g/mol. The highest BCUT2D eigenvalue weighted by atomic mass is 16.5. The summed E-state index contributed by atoms with van der Waals surface area (Å²) in [6, 6.07) is 10.5. The standard InChI is InChI=1S/C20H24N2O4/c23-18-12-17(13-22-10-6-1-2-7-11-22)25-14-19(18)26-15-20(24)21-16-8-4-3-5-9-16/h3-5,8-9,12,14H,1-2,6-7,10-11,13,15H2,(H,21,24). The molecule has 2 aromatic rings. The molecule has 6 nitrogen and oxygen atoms in total. The summed E-state index contributed by atoms with van der Waals surface area (Å²) in [5.74, 6) is 0.343. The van der Waals surface area contributed by atoms with E-state index in [9.17, 15) is 9.59 Å². The lowest BCUT2D eigenvalue weighted by molar-refractivity contribution is -0.118. The predicted molar refractivity (Wildman–Crippen MR) is 99.3 cm³/mol. The maximum Gasteiger partial charge on any atom is 0.262 e. The van der Waals surface area contributed by atoms with Crippen molar-refractivity contribution in [1.29, 1.82) is 0 Å².